The summed E-state index contributed by atoms with van der Waals surface area (Å²) >= 11 is 1.78. The van der Waals surface area contributed by atoms with E-state index >= 15 is 0 Å². The van der Waals surface area contributed by atoms with E-state index < -0.39 is 0 Å². The van der Waals surface area contributed by atoms with Crippen molar-refractivity contribution < 1.29 is 4.79 Å². The molecule has 2 heterocycles. The number of aryl methyl sites for hydroxylation is 1. The van der Waals surface area contributed by atoms with E-state index in [0.717, 1.165) is 30.7 Å². The zero-order valence-electron chi connectivity index (χ0n) is 8.98. The fourth-order valence-electron chi connectivity index (χ4n) is 1.81. The summed E-state index contributed by atoms with van der Waals surface area (Å²) in [5.74, 6) is 1.39. The van der Waals surface area contributed by atoms with Gasteiger partial charge in [0.05, 0.1) is 17.0 Å². The van der Waals surface area contributed by atoms with Gasteiger partial charge in [0.15, 0.2) is 5.78 Å². The maximum Gasteiger partial charge on any atom is 0.178 e. The number of rotatable bonds is 4. The SMILES string of the molecule is CCCn1cc(C(=O)C2CCCS2)cn1. The lowest BCUT2D eigenvalue weighted by molar-refractivity contribution is 0.0988. The zero-order valence-corrected chi connectivity index (χ0v) is 9.80. The minimum atomic E-state index is 0.185. The van der Waals surface area contributed by atoms with Crippen molar-refractivity contribution in [2.75, 3.05) is 5.75 Å². The third-order valence-corrected chi connectivity index (χ3v) is 3.97. The van der Waals surface area contributed by atoms with E-state index in [9.17, 15) is 4.79 Å². The van der Waals surface area contributed by atoms with Crippen molar-refractivity contribution in [1.82, 2.24) is 9.78 Å². The number of carbonyl (C=O) groups excluding carboxylic acids is 1. The molecule has 1 unspecified atom stereocenters. The molecule has 3 nitrogen and oxygen atoms in total. The van der Waals surface area contributed by atoms with Crippen molar-refractivity contribution in [3.63, 3.8) is 0 Å². The normalized spacial score (nSPS) is 20.7. The summed E-state index contributed by atoms with van der Waals surface area (Å²) < 4.78 is 1.85. The quantitative estimate of drug-likeness (QED) is 0.736. The molecular weight excluding hydrogens is 208 g/mol. The molecule has 4 heteroatoms. The summed E-state index contributed by atoms with van der Waals surface area (Å²) in [6, 6.07) is 0. The van der Waals surface area contributed by atoms with Crippen molar-refractivity contribution in [3.05, 3.63) is 18.0 Å². The molecule has 0 N–H and O–H groups in total. The molecular formula is C11H16N2OS. The fraction of sp³-hybridized carbons (Fsp3) is 0.636. The van der Waals surface area contributed by atoms with E-state index in [1.807, 2.05) is 10.9 Å². The summed E-state index contributed by atoms with van der Waals surface area (Å²) in [6.45, 7) is 3.00. The molecule has 0 aromatic carbocycles. The molecule has 0 bridgehead atoms. The van der Waals surface area contributed by atoms with E-state index in [2.05, 4.69) is 12.0 Å². The minimum Gasteiger partial charge on any atom is -0.293 e. The van der Waals surface area contributed by atoms with E-state index in [0.29, 0.717) is 0 Å². The Bertz CT molecular complexity index is 342. The molecule has 1 aromatic rings. The first-order valence-electron chi connectivity index (χ1n) is 5.49. The summed E-state index contributed by atoms with van der Waals surface area (Å²) in [5.41, 5.74) is 0.780. The monoisotopic (exact) mass is 224 g/mol. The van der Waals surface area contributed by atoms with E-state index in [1.54, 1.807) is 18.0 Å². The number of ketones is 1. The predicted octanol–water partition coefficient (Wildman–Crippen LogP) is 2.37. The molecule has 0 spiro atoms. The molecule has 1 aliphatic heterocycles. The van der Waals surface area contributed by atoms with Crippen molar-refractivity contribution in [1.29, 1.82) is 0 Å². The molecule has 82 valence electrons. The van der Waals surface area contributed by atoms with Crippen LogP contribution in [0, 0.1) is 0 Å². The van der Waals surface area contributed by atoms with Crippen molar-refractivity contribution in [2.45, 2.75) is 38.0 Å². The van der Waals surface area contributed by atoms with Crippen LogP contribution in [0.2, 0.25) is 0 Å². The highest BCUT2D eigenvalue weighted by molar-refractivity contribution is 8.00. The van der Waals surface area contributed by atoms with Crippen LogP contribution >= 0.6 is 11.8 Å². The second kappa shape index (κ2) is 4.84. The van der Waals surface area contributed by atoms with Gasteiger partial charge in [0.1, 0.15) is 0 Å². The Morgan fingerprint density at radius 1 is 1.73 bits per heavy atom. The van der Waals surface area contributed by atoms with Crippen LogP contribution in [-0.4, -0.2) is 26.6 Å². The predicted molar refractivity (Wildman–Crippen MR) is 62.3 cm³/mol. The first-order valence-corrected chi connectivity index (χ1v) is 6.54. The molecule has 15 heavy (non-hydrogen) atoms. The number of hydrogen-bond acceptors (Lipinski definition) is 3. The van der Waals surface area contributed by atoms with Gasteiger partial charge in [0, 0.05) is 12.7 Å². The van der Waals surface area contributed by atoms with Crippen molar-refractivity contribution in [2.24, 2.45) is 0 Å². The standard InChI is InChI=1S/C11H16N2OS/c1-2-5-13-8-9(7-12-13)11(14)10-4-3-6-15-10/h7-8,10H,2-6H2,1H3. The summed E-state index contributed by atoms with van der Waals surface area (Å²) in [4.78, 5) is 12.0. The van der Waals surface area contributed by atoms with Gasteiger partial charge in [0.2, 0.25) is 0 Å². The topological polar surface area (TPSA) is 34.9 Å². The number of hydrogen-bond donors (Lipinski definition) is 0. The lowest BCUT2D eigenvalue weighted by atomic mass is 10.1. The molecule has 1 atom stereocenters. The number of thioether (sulfide) groups is 1. The Balaban J connectivity index is 2.04. The molecule has 0 saturated carbocycles. The number of carbonyl (C=O) groups is 1. The summed E-state index contributed by atoms with van der Waals surface area (Å²) in [5, 5.41) is 4.37. The molecule has 2 rings (SSSR count). The fourth-order valence-corrected chi connectivity index (χ4v) is 3.05. The molecule has 0 radical (unpaired) electrons. The van der Waals surface area contributed by atoms with Gasteiger partial charge in [-0.05, 0) is 25.0 Å². The molecule has 1 aromatic heterocycles. The number of Topliss-reactive ketones (excluding diaryl/α,β-unsaturated/α-hetero) is 1. The average molecular weight is 224 g/mol. The van der Waals surface area contributed by atoms with Gasteiger partial charge >= 0.3 is 0 Å². The van der Waals surface area contributed by atoms with Crippen LogP contribution < -0.4 is 0 Å². The van der Waals surface area contributed by atoms with Gasteiger partial charge in [-0.25, -0.2) is 0 Å². The first-order chi connectivity index (χ1) is 7.31. The van der Waals surface area contributed by atoms with Crippen LogP contribution in [0.15, 0.2) is 12.4 Å². The Hall–Kier alpha value is -0.770. The molecule has 0 aliphatic carbocycles. The maximum atomic E-state index is 12.0. The van der Waals surface area contributed by atoms with Crippen molar-refractivity contribution in [3.8, 4) is 0 Å². The number of nitrogens with zero attached hydrogens (tertiary/aromatic N) is 2. The van der Waals surface area contributed by atoms with Crippen LogP contribution in [0.25, 0.3) is 0 Å². The highest BCUT2D eigenvalue weighted by Crippen LogP contribution is 2.28. The van der Waals surface area contributed by atoms with Crippen LogP contribution in [0.1, 0.15) is 36.5 Å². The minimum absolute atomic E-state index is 0.185. The largest absolute Gasteiger partial charge is 0.293 e. The Labute approximate surface area is 94.2 Å². The molecule has 1 saturated heterocycles. The Kier molecular flexibility index (Phi) is 3.46. The number of aromatic nitrogens is 2. The van der Waals surface area contributed by atoms with E-state index in [4.69, 9.17) is 0 Å². The molecule has 1 fully saturated rings. The molecule has 0 amide bonds. The second-order valence-corrected chi connectivity index (χ2v) is 5.17. The third-order valence-electron chi connectivity index (χ3n) is 2.59. The highest BCUT2D eigenvalue weighted by atomic mass is 32.2. The van der Waals surface area contributed by atoms with Gasteiger partial charge in [0.25, 0.3) is 0 Å². The van der Waals surface area contributed by atoms with Crippen LogP contribution in [-0.2, 0) is 6.54 Å². The van der Waals surface area contributed by atoms with E-state index in [1.165, 1.54) is 6.42 Å². The van der Waals surface area contributed by atoms with Crippen LogP contribution in [0.3, 0.4) is 0 Å². The lowest BCUT2D eigenvalue weighted by Gasteiger charge is -2.03. The van der Waals surface area contributed by atoms with Crippen molar-refractivity contribution >= 4 is 17.5 Å². The second-order valence-electron chi connectivity index (χ2n) is 3.86. The third kappa shape index (κ3) is 2.43. The van der Waals surface area contributed by atoms with Gasteiger partial charge in [-0.2, -0.15) is 16.9 Å². The summed E-state index contributed by atoms with van der Waals surface area (Å²) in [6.07, 6.45) is 6.84. The average Bonchev–Trinajstić information content (AvgIpc) is 2.87. The zero-order chi connectivity index (χ0) is 10.7. The van der Waals surface area contributed by atoms with E-state index in [-0.39, 0.29) is 11.0 Å². The Morgan fingerprint density at radius 3 is 3.27 bits per heavy atom. The maximum absolute atomic E-state index is 12.0. The highest BCUT2D eigenvalue weighted by Gasteiger charge is 2.25. The smallest absolute Gasteiger partial charge is 0.178 e. The molecule has 1 aliphatic rings. The van der Waals surface area contributed by atoms with Gasteiger partial charge < -0.3 is 0 Å². The lowest BCUT2D eigenvalue weighted by Crippen LogP contribution is -2.13. The summed E-state index contributed by atoms with van der Waals surface area (Å²) in [7, 11) is 0. The Morgan fingerprint density at radius 2 is 2.60 bits per heavy atom. The van der Waals surface area contributed by atoms with Crippen LogP contribution in [0.5, 0.6) is 0 Å². The van der Waals surface area contributed by atoms with Gasteiger partial charge in [-0.1, -0.05) is 6.92 Å². The first kappa shape index (κ1) is 10.7. The van der Waals surface area contributed by atoms with Gasteiger partial charge in [-0.15, -0.1) is 0 Å². The van der Waals surface area contributed by atoms with Crippen LogP contribution in [0.4, 0.5) is 0 Å². The van der Waals surface area contributed by atoms with Gasteiger partial charge in [-0.3, -0.25) is 9.48 Å².